The Bertz CT molecular complexity index is 1530. The summed E-state index contributed by atoms with van der Waals surface area (Å²) >= 11 is 9.53. The molecule has 1 saturated heterocycles. The number of carbonyl (C=O) groups excluding carboxylic acids is 1. The molecule has 0 amide bonds. The molecule has 4 aromatic rings. The average Bonchev–Trinajstić information content (AvgIpc) is 3.58. The molecule has 0 aliphatic carbocycles. The van der Waals surface area contributed by atoms with E-state index in [0.717, 1.165) is 68.7 Å². The first kappa shape index (κ1) is 29.9. The predicted octanol–water partition coefficient (Wildman–Crippen LogP) is 7.61. The third-order valence-corrected chi connectivity index (χ3v) is 9.78. The summed E-state index contributed by atoms with van der Waals surface area (Å²) in [7, 11) is 1.39. The second kappa shape index (κ2) is 12.0. The third-order valence-electron chi connectivity index (χ3n) is 7.24. The number of benzene rings is 2. The summed E-state index contributed by atoms with van der Waals surface area (Å²) in [4.78, 5) is 27.9. The van der Waals surface area contributed by atoms with Gasteiger partial charge in [0.05, 0.1) is 29.1 Å². The summed E-state index contributed by atoms with van der Waals surface area (Å²) in [5, 5.41) is 3.56. The summed E-state index contributed by atoms with van der Waals surface area (Å²) in [5.41, 5.74) is 3.80. The number of thiazole rings is 2. The fourth-order valence-corrected chi connectivity index (χ4v) is 7.44. The lowest BCUT2D eigenvalue weighted by molar-refractivity contribution is -0.164. The van der Waals surface area contributed by atoms with E-state index in [1.807, 2.05) is 64.2 Å². The molecule has 0 unspecified atom stereocenters. The number of hydrogen-bond donors (Lipinski definition) is 0. The molecule has 10 heteroatoms. The molecule has 0 spiro atoms. The number of methoxy groups -OCH3 is 1. The van der Waals surface area contributed by atoms with Gasteiger partial charge in [-0.15, -0.1) is 11.3 Å². The van der Waals surface area contributed by atoms with Gasteiger partial charge in [-0.3, -0.25) is 4.90 Å². The zero-order chi connectivity index (χ0) is 29.5. The van der Waals surface area contributed by atoms with Crippen molar-refractivity contribution in [2.45, 2.75) is 59.3 Å². The van der Waals surface area contributed by atoms with Gasteiger partial charge in [0, 0.05) is 48.4 Å². The van der Waals surface area contributed by atoms with Crippen molar-refractivity contribution >= 4 is 55.5 Å². The smallest absolute Gasteiger partial charge is 0.339 e. The fourth-order valence-electron chi connectivity index (χ4n) is 5.20. The van der Waals surface area contributed by atoms with Gasteiger partial charge in [-0.05, 0) is 70.9 Å². The Kier molecular flexibility index (Phi) is 8.74. The molecule has 41 heavy (non-hydrogen) atoms. The maximum atomic E-state index is 13.2. The van der Waals surface area contributed by atoms with Gasteiger partial charge in [0.1, 0.15) is 5.00 Å². The van der Waals surface area contributed by atoms with Gasteiger partial charge >= 0.3 is 5.97 Å². The Morgan fingerprint density at radius 2 is 1.73 bits per heavy atom. The van der Waals surface area contributed by atoms with Gasteiger partial charge in [-0.2, -0.15) is 0 Å². The van der Waals surface area contributed by atoms with Crippen LogP contribution >= 0.6 is 34.3 Å². The molecular formula is C31H37ClN4O3S2. The number of nitrogens with zero attached hydrogens (tertiary/aromatic N) is 4. The van der Waals surface area contributed by atoms with Crippen LogP contribution in [0.25, 0.3) is 31.4 Å². The number of halogens is 1. The fraction of sp³-hybridized carbons (Fsp3) is 0.452. The maximum Gasteiger partial charge on any atom is 0.339 e. The van der Waals surface area contributed by atoms with Crippen molar-refractivity contribution in [1.82, 2.24) is 14.9 Å². The van der Waals surface area contributed by atoms with Crippen molar-refractivity contribution in [3.05, 3.63) is 52.7 Å². The SMILES string of the molecule is COC(=O)[C@@H](OC(C)(C)C)c1c(C)cc2nc(-c3ncc(N4CCN(C(C)C)CC4)s3)sc2c1-c1ccc(Cl)cc1. The lowest BCUT2D eigenvalue weighted by Crippen LogP contribution is -2.48. The van der Waals surface area contributed by atoms with Crippen LogP contribution in [0, 0.1) is 6.92 Å². The number of piperazine rings is 1. The first-order chi connectivity index (χ1) is 19.4. The van der Waals surface area contributed by atoms with Gasteiger partial charge in [-0.1, -0.05) is 35.1 Å². The van der Waals surface area contributed by atoms with Crippen LogP contribution in [-0.2, 0) is 14.3 Å². The Morgan fingerprint density at radius 3 is 2.34 bits per heavy atom. The molecule has 0 radical (unpaired) electrons. The highest BCUT2D eigenvalue weighted by molar-refractivity contribution is 7.26. The molecular weight excluding hydrogens is 576 g/mol. The van der Waals surface area contributed by atoms with Crippen LogP contribution in [-0.4, -0.2) is 65.8 Å². The molecule has 1 atom stereocenters. The Labute approximate surface area is 255 Å². The standard InChI is InChI=1S/C31H37ClN4O3S2/c1-18(2)35-12-14-36(15-13-35)23-17-33-28(40-23)29-34-22-16-19(3)24(26(30(37)38-7)39-31(4,5)6)25(27(22)41-29)20-8-10-21(32)11-9-20/h8-11,16-18,26H,12-15H2,1-7H3/t26-/m0/s1. The van der Waals surface area contributed by atoms with Crippen molar-refractivity contribution in [1.29, 1.82) is 0 Å². The van der Waals surface area contributed by atoms with Crippen LogP contribution in [0.3, 0.4) is 0 Å². The van der Waals surface area contributed by atoms with E-state index in [9.17, 15) is 4.79 Å². The number of esters is 1. The largest absolute Gasteiger partial charge is 0.467 e. The molecule has 2 aromatic carbocycles. The Morgan fingerprint density at radius 1 is 1.05 bits per heavy atom. The normalized spacial score (nSPS) is 15.6. The Balaban J connectivity index is 1.61. The number of anilines is 1. The average molecular weight is 613 g/mol. The van der Waals surface area contributed by atoms with E-state index in [4.69, 9.17) is 31.0 Å². The molecule has 0 bridgehead atoms. The topological polar surface area (TPSA) is 67.8 Å². The highest BCUT2D eigenvalue weighted by Crippen LogP contribution is 2.45. The molecule has 0 N–H and O–H groups in total. The molecule has 218 valence electrons. The zero-order valence-electron chi connectivity index (χ0n) is 24.7. The number of aryl methyl sites for hydroxylation is 1. The van der Waals surface area contributed by atoms with Gasteiger partial charge in [0.2, 0.25) is 0 Å². The van der Waals surface area contributed by atoms with Crippen molar-refractivity contribution in [2.24, 2.45) is 0 Å². The molecule has 3 heterocycles. The number of aromatic nitrogens is 2. The Hall–Kier alpha value is -2.56. The van der Waals surface area contributed by atoms with Crippen molar-refractivity contribution < 1.29 is 14.3 Å². The zero-order valence-corrected chi connectivity index (χ0v) is 27.0. The van der Waals surface area contributed by atoms with Gasteiger partial charge in [0.25, 0.3) is 0 Å². The summed E-state index contributed by atoms with van der Waals surface area (Å²) in [6.45, 7) is 16.4. The number of rotatable bonds is 7. The van der Waals surface area contributed by atoms with E-state index in [1.165, 1.54) is 12.1 Å². The van der Waals surface area contributed by atoms with Crippen molar-refractivity contribution in [3.63, 3.8) is 0 Å². The summed E-state index contributed by atoms with van der Waals surface area (Å²) in [6.07, 6.45) is 1.06. The number of fused-ring (bicyclic) bond motifs is 1. The van der Waals surface area contributed by atoms with Gasteiger partial charge < -0.3 is 14.4 Å². The third kappa shape index (κ3) is 6.44. The van der Waals surface area contributed by atoms with Crippen molar-refractivity contribution in [3.8, 4) is 21.1 Å². The molecule has 0 saturated carbocycles. The van der Waals surface area contributed by atoms with E-state index in [1.54, 1.807) is 22.7 Å². The second-order valence-electron chi connectivity index (χ2n) is 11.6. The van der Waals surface area contributed by atoms with Crippen LogP contribution in [0.1, 0.15) is 51.8 Å². The minimum Gasteiger partial charge on any atom is -0.467 e. The summed E-state index contributed by atoms with van der Waals surface area (Å²) in [5.74, 6) is -0.440. The van der Waals surface area contributed by atoms with Crippen LogP contribution < -0.4 is 4.90 Å². The molecule has 1 aliphatic rings. The van der Waals surface area contributed by atoms with Crippen LogP contribution in [0.15, 0.2) is 36.5 Å². The first-order valence-electron chi connectivity index (χ1n) is 13.9. The van der Waals surface area contributed by atoms with E-state index in [0.29, 0.717) is 11.1 Å². The van der Waals surface area contributed by atoms with Crippen LogP contribution in [0.5, 0.6) is 0 Å². The number of hydrogen-bond acceptors (Lipinski definition) is 9. The van der Waals surface area contributed by atoms with Crippen molar-refractivity contribution in [2.75, 3.05) is 38.2 Å². The quantitative estimate of drug-likeness (QED) is 0.199. The number of ether oxygens (including phenoxy) is 2. The van der Waals surface area contributed by atoms with Crippen LogP contribution in [0.2, 0.25) is 5.02 Å². The maximum absolute atomic E-state index is 13.2. The summed E-state index contributed by atoms with van der Waals surface area (Å²) in [6, 6.07) is 10.3. The molecule has 7 nitrogen and oxygen atoms in total. The molecule has 1 aliphatic heterocycles. The monoisotopic (exact) mass is 612 g/mol. The summed E-state index contributed by atoms with van der Waals surface area (Å²) < 4.78 is 12.5. The minimum absolute atomic E-state index is 0.440. The lowest BCUT2D eigenvalue weighted by atomic mass is 9.91. The number of carbonyl (C=O) groups is 1. The van der Waals surface area contributed by atoms with E-state index in [2.05, 4.69) is 23.6 Å². The highest BCUT2D eigenvalue weighted by atomic mass is 35.5. The molecule has 2 aromatic heterocycles. The van der Waals surface area contributed by atoms with E-state index >= 15 is 0 Å². The minimum atomic E-state index is -0.906. The van der Waals surface area contributed by atoms with Crippen LogP contribution in [0.4, 0.5) is 5.00 Å². The second-order valence-corrected chi connectivity index (χ2v) is 14.1. The van der Waals surface area contributed by atoms with Gasteiger partial charge in [-0.25, -0.2) is 14.8 Å². The lowest BCUT2D eigenvalue weighted by Gasteiger charge is -2.37. The molecule has 5 rings (SSSR count). The van der Waals surface area contributed by atoms with E-state index < -0.39 is 17.7 Å². The van der Waals surface area contributed by atoms with Gasteiger partial charge in [0.15, 0.2) is 16.1 Å². The first-order valence-corrected chi connectivity index (χ1v) is 15.9. The van der Waals surface area contributed by atoms with E-state index in [-0.39, 0.29) is 0 Å². The highest BCUT2D eigenvalue weighted by Gasteiger charge is 2.33. The molecule has 1 fully saturated rings. The predicted molar refractivity (Wildman–Crippen MR) is 170 cm³/mol.